The second-order valence-electron chi connectivity index (χ2n) is 5.83. The van der Waals surface area contributed by atoms with E-state index in [9.17, 15) is 18.0 Å². The minimum Gasteiger partial charge on any atom is -0.327 e. The van der Waals surface area contributed by atoms with Crippen LogP contribution in [0.15, 0.2) is 12.1 Å². The molecule has 0 radical (unpaired) electrons. The molecule has 0 aromatic heterocycles. The maximum absolute atomic E-state index is 13.1. The van der Waals surface area contributed by atoms with Gasteiger partial charge in [0, 0.05) is 12.1 Å². The Morgan fingerprint density at radius 3 is 2.24 bits per heavy atom. The largest absolute Gasteiger partial charge is 0.408 e. The summed E-state index contributed by atoms with van der Waals surface area (Å²) in [5.41, 5.74) is 2.90. The molecule has 0 spiro atoms. The summed E-state index contributed by atoms with van der Waals surface area (Å²) in [5.74, 6) is -0.493. The molecule has 1 aliphatic rings. The minimum absolute atomic E-state index is 0.000797. The summed E-state index contributed by atoms with van der Waals surface area (Å²) in [5, 5.41) is 0. The zero-order chi connectivity index (χ0) is 15.8. The molecular weight excluding hydrogens is 279 g/mol. The highest BCUT2D eigenvalue weighted by atomic mass is 19.4. The van der Waals surface area contributed by atoms with Crippen LogP contribution in [0, 0.1) is 20.8 Å². The van der Waals surface area contributed by atoms with Crippen molar-refractivity contribution < 1.29 is 18.0 Å². The Kier molecular flexibility index (Phi) is 4.30. The first kappa shape index (κ1) is 15.9. The van der Waals surface area contributed by atoms with Crippen LogP contribution in [0.5, 0.6) is 0 Å². The van der Waals surface area contributed by atoms with Gasteiger partial charge in [-0.2, -0.15) is 13.2 Å². The molecule has 1 aliphatic heterocycles. The number of benzene rings is 1. The van der Waals surface area contributed by atoms with E-state index < -0.39 is 18.1 Å². The fourth-order valence-corrected chi connectivity index (χ4v) is 3.18. The second-order valence-corrected chi connectivity index (χ2v) is 5.83. The van der Waals surface area contributed by atoms with Crippen molar-refractivity contribution >= 4 is 5.91 Å². The number of rotatable bonds is 1. The average Bonchev–Trinajstić information content (AvgIpc) is 2.36. The predicted octanol–water partition coefficient (Wildman–Crippen LogP) is 4.17. The third-order valence-electron chi connectivity index (χ3n) is 4.03. The van der Waals surface area contributed by atoms with Crippen LogP contribution in [0.25, 0.3) is 0 Å². The number of hydrogen-bond acceptors (Lipinski definition) is 1. The third kappa shape index (κ3) is 3.22. The zero-order valence-corrected chi connectivity index (χ0v) is 12.5. The van der Waals surface area contributed by atoms with Crippen molar-refractivity contribution in [1.29, 1.82) is 0 Å². The van der Waals surface area contributed by atoms with Gasteiger partial charge in [-0.25, -0.2) is 0 Å². The van der Waals surface area contributed by atoms with Gasteiger partial charge in [-0.3, -0.25) is 4.79 Å². The van der Waals surface area contributed by atoms with Gasteiger partial charge in [-0.15, -0.1) is 0 Å². The third-order valence-corrected chi connectivity index (χ3v) is 4.03. The molecule has 2 nitrogen and oxygen atoms in total. The van der Waals surface area contributed by atoms with E-state index in [0.29, 0.717) is 18.4 Å². The molecule has 1 fully saturated rings. The number of halogens is 3. The molecule has 21 heavy (non-hydrogen) atoms. The lowest BCUT2D eigenvalue weighted by atomic mass is 9.95. The monoisotopic (exact) mass is 299 g/mol. The Labute approximate surface area is 122 Å². The highest BCUT2D eigenvalue weighted by Gasteiger charge is 2.46. The van der Waals surface area contributed by atoms with Crippen molar-refractivity contribution in [3.63, 3.8) is 0 Å². The van der Waals surface area contributed by atoms with E-state index in [2.05, 4.69) is 0 Å². The van der Waals surface area contributed by atoms with Crippen molar-refractivity contribution in [3.8, 4) is 0 Å². The Morgan fingerprint density at radius 2 is 1.71 bits per heavy atom. The quantitative estimate of drug-likeness (QED) is 0.762. The minimum atomic E-state index is -4.36. The van der Waals surface area contributed by atoms with Crippen LogP contribution in [-0.4, -0.2) is 29.6 Å². The highest BCUT2D eigenvalue weighted by Crippen LogP contribution is 2.33. The van der Waals surface area contributed by atoms with Crippen LogP contribution >= 0.6 is 0 Å². The van der Waals surface area contributed by atoms with Gasteiger partial charge in [-0.05, 0) is 51.2 Å². The van der Waals surface area contributed by atoms with Gasteiger partial charge in [0.05, 0.1) is 0 Å². The molecular formula is C16H20F3NO. The molecule has 116 valence electrons. The van der Waals surface area contributed by atoms with E-state index >= 15 is 0 Å². The van der Waals surface area contributed by atoms with Gasteiger partial charge in [0.15, 0.2) is 0 Å². The maximum atomic E-state index is 13.1. The zero-order valence-electron chi connectivity index (χ0n) is 12.5. The molecule has 1 aromatic carbocycles. The number of carbonyl (C=O) groups excluding carboxylic acids is 1. The van der Waals surface area contributed by atoms with Crippen molar-refractivity contribution in [2.75, 3.05) is 6.54 Å². The second kappa shape index (κ2) is 5.70. The lowest BCUT2D eigenvalue weighted by Gasteiger charge is -2.37. The lowest BCUT2D eigenvalue weighted by Crippen LogP contribution is -2.51. The molecule has 2 rings (SSSR count). The Hall–Kier alpha value is -1.52. The van der Waals surface area contributed by atoms with Crippen LogP contribution in [0.1, 0.15) is 46.3 Å². The smallest absolute Gasteiger partial charge is 0.327 e. The standard InChI is InChI=1S/C16H20F3NO/c1-10-8-11(2)14(12(3)9-10)15(21)20-7-5-4-6-13(20)16(17,18)19/h8-9,13H,4-7H2,1-3H3. The van der Waals surface area contributed by atoms with E-state index in [-0.39, 0.29) is 13.0 Å². The Bertz CT molecular complexity index is 528. The molecule has 1 aromatic rings. The molecule has 0 bridgehead atoms. The first-order valence-corrected chi connectivity index (χ1v) is 7.17. The van der Waals surface area contributed by atoms with E-state index in [1.54, 1.807) is 13.8 Å². The van der Waals surface area contributed by atoms with Gasteiger partial charge in [-0.1, -0.05) is 17.7 Å². The van der Waals surface area contributed by atoms with Crippen LogP contribution in [0.2, 0.25) is 0 Å². The summed E-state index contributed by atoms with van der Waals surface area (Å²) < 4.78 is 39.4. The highest BCUT2D eigenvalue weighted by molar-refractivity contribution is 5.97. The summed E-state index contributed by atoms with van der Waals surface area (Å²) in [6, 6.07) is 2.03. The topological polar surface area (TPSA) is 20.3 Å². The Morgan fingerprint density at radius 1 is 1.14 bits per heavy atom. The summed E-state index contributed by atoms with van der Waals surface area (Å²) in [4.78, 5) is 13.6. The number of aryl methyl sites for hydroxylation is 3. The molecule has 0 saturated carbocycles. The molecule has 5 heteroatoms. The van der Waals surface area contributed by atoms with Crippen LogP contribution < -0.4 is 0 Å². The molecule has 1 unspecified atom stereocenters. The fraction of sp³-hybridized carbons (Fsp3) is 0.562. The van der Waals surface area contributed by atoms with Crippen molar-refractivity contribution in [1.82, 2.24) is 4.90 Å². The van der Waals surface area contributed by atoms with Gasteiger partial charge >= 0.3 is 6.18 Å². The number of likely N-dealkylation sites (tertiary alicyclic amines) is 1. The fourth-order valence-electron chi connectivity index (χ4n) is 3.18. The summed E-state index contributed by atoms with van der Waals surface area (Å²) >= 11 is 0. The number of nitrogens with zero attached hydrogens (tertiary/aromatic N) is 1. The van der Waals surface area contributed by atoms with Crippen LogP contribution in [-0.2, 0) is 0 Å². The van der Waals surface area contributed by atoms with Crippen LogP contribution in [0.3, 0.4) is 0 Å². The SMILES string of the molecule is Cc1cc(C)c(C(=O)N2CCCCC2C(F)(F)F)c(C)c1. The normalized spacial score (nSPS) is 19.7. The number of alkyl halides is 3. The van der Waals surface area contributed by atoms with E-state index in [1.807, 2.05) is 19.1 Å². The predicted molar refractivity (Wildman–Crippen MR) is 75.4 cm³/mol. The molecule has 1 atom stereocenters. The first-order valence-electron chi connectivity index (χ1n) is 7.17. The maximum Gasteiger partial charge on any atom is 0.408 e. The summed E-state index contributed by atoms with van der Waals surface area (Å²) in [7, 11) is 0. The van der Waals surface area contributed by atoms with Crippen molar-refractivity contribution in [2.24, 2.45) is 0 Å². The first-order chi connectivity index (χ1) is 9.71. The van der Waals surface area contributed by atoms with Gasteiger partial charge in [0.1, 0.15) is 6.04 Å². The summed E-state index contributed by atoms with van der Waals surface area (Å²) in [6.45, 7) is 5.64. The lowest BCUT2D eigenvalue weighted by molar-refractivity contribution is -0.183. The van der Waals surface area contributed by atoms with Crippen molar-refractivity contribution in [3.05, 3.63) is 34.4 Å². The number of hydrogen-bond donors (Lipinski definition) is 0. The molecule has 1 amide bonds. The molecule has 1 heterocycles. The number of carbonyl (C=O) groups is 1. The molecule has 0 aliphatic carbocycles. The Balaban J connectivity index is 2.38. The van der Waals surface area contributed by atoms with E-state index in [4.69, 9.17) is 0 Å². The van der Waals surface area contributed by atoms with Gasteiger partial charge in [0.25, 0.3) is 5.91 Å². The van der Waals surface area contributed by atoms with Crippen molar-refractivity contribution in [2.45, 2.75) is 52.3 Å². The number of piperidine rings is 1. The van der Waals surface area contributed by atoms with E-state index in [1.165, 1.54) is 0 Å². The molecule has 1 saturated heterocycles. The van der Waals surface area contributed by atoms with Crippen LogP contribution in [0.4, 0.5) is 13.2 Å². The summed E-state index contributed by atoms with van der Waals surface area (Å²) in [6.07, 6.45) is -3.22. The van der Waals surface area contributed by atoms with Gasteiger partial charge < -0.3 is 4.90 Å². The average molecular weight is 299 g/mol. The molecule has 0 N–H and O–H groups in total. The van der Waals surface area contributed by atoms with Gasteiger partial charge in [0.2, 0.25) is 0 Å². The van der Waals surface area contributed by atoms with E-state index in [0.717, 1.165) is 21.6 Å². The number of amides is 1.